The molecular formula is C24H15IN4O8S. The number of amides is 3. The summed E-state index contributed by atoms with van der Waals surface area (Å²) in [5, 5.41) is 24.3. The van der Waals surface area contributed by atoms with Gasteiger partial charge in [0.15, 0.2) is 0 Å². The van der Waals surface area contributed by atoms with Crippen LogP contribution in [0.25, 0.3) is 6.08 Å². The maximum atomic E-state index is 12.8. The van der Waals surface area contributed by atoms with Crippen molar-refractivity contribution < 1.29 is 29.0 Å². The summed E-state index contributed by atoms with van der Waals surface area (Å²) in [7, 11) is 0. The molecule has 1 aliphatic rings. The van der Waals surface area contributed by atoms with Crippen molar-refractivity contribution in [2.75, 3.05) is 11.9 Å². The standard InChI is InChI=1S/C24H15IN4O8S/c25-15-4-6-16(7-5-15)26-22(30)13-27-23(31)21(38-24(27)32)11-14-2-1-3-18(10-14)37-20-9-8-17(28(33)34)12-19(20)29(35)36/h1-12H,13H2,(H,26,30)/b21-11-. The van der Waals surface area contributed by atoms with Crippen LogP contribution in [0.15, 0.2) is 71.6 Å². The lowest BCUT2D eigenvalue weighted by Crippen LogP contribution is -2.36. The number of nitrogens with one attached hydrogen (secondary N) is 1. The molecule has 0 atom stereocenters. The molecule has 38 heavy (non-hydrogen) atoms. The monoisotopic (exact) mass is 646 g/mol. The lowest BCUT2D eigenvalue weighted by atomic mass is 10.2. The summed E-state index contributed by atoms with van der Waals surface area (Å²) in [6.07, 6.45) is 1.43. The van der Waals surface area contributed by atoms with Gasteiger partial charge in [-0.25, -0.2) is 0 Å². The Kier molecular flexibility index (Phi) is 8.02. The molecule has 1 N–H and O–H groups in total. The number of nitrogens with zero attached hydrogens (tertiary/aromatic N) is 3. The van der Waals surface area contributed by atoms with E-state index < -0.39 is 44.8 Å². The average molecular weight is 646 g/mol. The largest absolute Gasteiger partial charge is 0.450 e. The quantitative estimate of drug-likeness (QED) is 0.143. The van der Waals surface area contributed by atoms with Gasteiger partial charge in [0.2, 0.25) is 11.7 Å². The van der Waals surface area contributed by atoms with Gasteiger partial charge < -0.3 is 10.1 Å². The molecule has 1 fully saturated rings. The van der Waals surface area contributed by atoms with E-state index in [0.717, 1.165) is 26.7 Å². The van der Waals surface area contributed by atoms with Crippen LogP contribution in [0.3, 0.4) is 0 Å². The first-order chi connectivity index (χ1) is 18.1. The Morgan fingerprint density at radius 1 is 1.03 bits per heavy atom. The van der Waals surface area contributed by atoms with Crippen molar-refractivity contribution in [1.29, 1.82) is 0 Å². The number of benzene rings is 3. The number of carbonyl (C=O) groups excluding carboxylic acids is 3. The van der Waals surface area contributed by atoms with Crippen LogP contribution in [0.4, 0.5) is 21.9 Å². The van der Waals surface area contributed by atoms with Crippen LogP contribution in [-0.2, 0) is 9.59 Å². The number of imide groups is 1. The molecule has 3 aromatic carbocycles. The number of carbonyl (C=O) groups is 3. The van der Waals surface area contributed by atoms with E-state index in [0.29, 0.717) is 23.0 Å². The van der Waals surface area contributed by atoms with Crippen molar-refractivity contribution in [3.63, 3.8) is 0 Å². The number of nitro groups is 2. The Morgan fingerprint density at radius 3 is 2.45 bits per heavy atom. The highest BCUT2D eigenvalue weighted by Gasteiger charge is 2.36. The molecule has 0 bridgehead atoms. The average Bonchev–Trinajstić information content (AvgIpc) is 3.12. The lowest BCUT2D eigenvalue weighted by molar-refractivity contribution is -0.394. The second-order valence-electron chi connectivity index (χ2n) is 7.66. The van der Waals surface area contributed by atoms with Gasteiger partial charge in [0, 0.05) is 15.3 Å². The Balaban J connectivity index is 1.48. The van der Waals surface area contributed by atoms with E-state index in [4.69, 9.17) is 4.74 Å². The van der Waals surface area contributed by atoms with Gasteiger partial charge in [-0.15, -0.1) is 0 Å². The molecule has 0 unspecified atom stereocenters. The number of non-ortho nitro benzene ring substituents is 1. The molecular weight excluding hydrogens is 631 g/mol. The Morgan fingerprint density at radius 2 is 1.76 bits per heavy atom. The third kappa shape index (κ3) is 6.33. The molecule has 192 valence electrons. The summed E-state index contributed by atoms with van der Waals surface area (Å²) in [4.78, 5) is 59.3. The summed E-state index contributed by atoms with van der Waals surface area (Å²) >= 11 is 2.80. The van der Waals surface area contributed by atoms with Crippen LogP contribution in [0.2, 0.25) is 0 Å². The molecule has 14 heteroatoms. The highest BCUT2D eigenvalue weighted by atomic mass is 127. The first kappa shape index (κ1) is 26.7. The summed E-state index contributed by atoms with van der Waals surface area (Å²) < 4.78 is 6.56. The van der Waals surface area contributed by atoms with Crippen molar-refractivity contribution in [2.45, 2.75) is 0 Å². The van der Waals surface area contributed by atoms with Gasteiger partial charge in [0.05, 0.1) is 20.8 Å². The molecule has 3 aromatic rings. The molecule has 0 spiro atoms. The highest BCUT2D eigenvalue weighted by Crippen LogP contribution is 2.36. The lowest BCUT2D eigenvalue weighted by Gasteiger charge is -2.12. The van der Waals surface area contributed by atoms with Gasteiger partial charge in [-0.2, -0.15) is 0 Å². The van der Waals surface area contributed by atoms with Crippen LogP contribution in [0.1, 0.15) is 5.56 Å². The van der Waals surface area contributed by atoms with E-state index >= 15 is 0 Å². The third-order valence-corrected chi connectivity index (χ3v) is 6.66. The number of nitro benzene ring substituents is 2. The van der Waals surface area contributed by atoms with E-state index in [1.807, 2.05) is 0 Å². The normalized spacial score (nSPS) is 14.0. The smallest absolute Gasteiger partial charge is 0.318 e. The molecule has 0 saturated carbocycles. The minimum atomic E-state index is -0.795. The fourth-order valence-corrected chi connectivity index (χ4v) is 4.51. The third-order valence-electron chi connectivity index (χ3n) is 5.04. The first-order valence-electron chi connectivity index (χ1n) is 10.6. The van der Waals surface area contributed by atoms with E-state index in [9.17, 15) is 34.6 Å². The molecule has 0 radical (unpaired) electrons. The van der Waals surface area contributed by atoms with Crippen molar-refractivity contribution >= 4 is 74.5 Å². The van der Waals surface area contributed by atoms with Crippen LogP contribution in [0.5, 0.6) is 11.5 Å². The molecule has 12 nitrogen and oxygen atoms in total. The predicted octanol–water partition coefficient (Wildman–Crippen LogP) is 5.57. The summed E-state index contributed by atoms with van der Waals surface area (Å²) in [6, 6.07) is 16.2. The first-order valence-corrected chi connectivity index (χ1v) is 12.5. The molecule has 3 amide bonds. The molecule has 1 heterocycles. The molecule has 4 rings (SSSR count). The predicted molar refractivity (Wildman–Crippen MR) is 147 cm³/mol. The van der Waals surface area contributed by atoms with E-state index in [1.165, 1.54) is 18.2 Å². The van der Waals surface area contributed by atoms with E-state index in [-0.39, 0.29) is 16.4 Å². The molecule has 0 aliphatic carbocycles. The van der Waals surface area contributed by atoms with Crippen LogP contribution >= 0.6 is 34.4 Å². The number of ether oxygens (including phenoxy) is 1. The highest BCUT2D eigenvalue weighted by molar-refractivity contribution is 14.1. The van der Waals surface area contributed by atoms with Gasteiger partial charge in [0.25, 0.3) is 16.8 Å². The number of hydrogen-bond acceptors (Lipinski definition) is 9. The zero-order chi connectivity index (χ0) is 27.4. The fourth-order valence-electron chi connectivity index (χ4n) is 3.31. The van der Waals surface area contributed by atoms with Crippen LogP contribution < -0.4 is 10.1 Å². The van der Waals surface area contributed by atoms with Gasteiger partial charge in [-0.1, -0.05) is 12.1 Å². The Hall–Kier alpha value is -4.31. The SMILES string of the molecule is O=C(CN1C(=O)S/C(=C\c2cccc(Oc3ccc([N+](=O)[O-])cc3[N+](=O)[O-])c2)C1=O)Nc1ccc(I)cc1. The van der Waals surface area contributed by atoms with Crippen molar-refractivity contribution in [3.05, 3.63) is 101 Å². The number of thioether (sulfide) groups is 1. The van der Waals surface area contributed by atoms with Gasteiger partial charge >= 0.3 is 5.69 Å². The summed E-state index contributed by atoms with van der Waals surface area (Å²) in [5.41, 5.74) is -0.0705. The second-order valence-corrected chi connectivity index (χ2v) is 9.90. The van der Waals surface area contributed by atoms with Crippen molar-refractivity contribution in [3.8, 4) is 11.5 Å². The second kappa shape index (κ2) is 11.4. The molecule has 0 aromatic heterocycles. The number of rotatable bonds is 8. The minimum absolute atomic E-state index is 0.0792. The van der Waals surface area contributed by atoms with Gasteiger partial charge in [-0.3, -0.25) is 39.5 Å². The van der Waals surface area contributed by atoms with Crippen LogP contribution in [-0.4, -0.2) is 38.3 Å². The molecule has 1 saturated heterocycles. The van der Waals surface area contributed by atoms with Crippen molar-refractivity contribution in [1.82, 2.24) is 4.90 Å². The number of halogens is 1. The number of anilines is 1. The number of hydrogen-bond donors (Lipinski definition) is 1. The minimum Gasteiger partial charge on any atom is -0.450 e. The van der Waals surface area contributed by atoms with Crippen molar-refractivity contribution in [2.24, 2.45) is 0 Å². The Bertz CT molecular complexity index is 1510. The van der Waals surface area contributed by atoms with E-state index in [1.54, 1.807) is 36.4 Å². The summed E-state index contributed by atoms with van der Waals surface area (Å²) in [5.74, 6) is -1.23. The maximum absolute atomic E-state index is 12.8. The molecule has 1 aliphatic heterocycles. The Labute approximate surface area is 232 Å². The van der Waals surface area contributed by atoms with E-state index in [2.05, 4.69) is 27.9 Å². The fraction of sp³-hybridized carbons (Fsp3) is 0.0417. The summed E-state index contributed by atoms with van der Waals surface area (Å²) in [6.45, 7) is -0.457. The van der Waals surface area contributed by atoms with Gasteiger partial charge in [0.1, 0.15) is 12.3 Å². The zero-order valence-corrected chi connectivity index (χ0v) is 22.0. The van der Waals surface area contributed by atoms with Gasteiger partial charge in [-0.05, 0) is 88.5 Å². The topological polar surface area (TPSA) is 162 Å². The zero-order valence-electron chi connectivity index (χ0n) is 19.0. The van der Waals surface area contributed by atoms with Crippen LogP contribution in [0, 0.1) is 23.8 Å². The maximum Gasteiger partial charge on any atom is 0.318 e.